The molecule has 0 saturated heterocycles. The van der Waals surface area contributed by atoms with Crippen LogP contribution >= 0.6 is 0 Å². The molecule has 3 nitrogen and oxygen atoms in total. The standard InChI is InChI=1S/C10H10F3NO2/c11-10(12,13)8(14)9(15)16-6-7-4-2-1-3-5-7/h1-5,8H,6,14H2/t8-/m1/s1. The van der Waals surface area contributed by atoms with Gasteiger partial charge >= 0.3 is 12.1 Å². The van der Waals surface area contributed by atoms with Gasteiger partial charge in [0.05, 0.1) is 0 Å². The first-order valence-electron chi connectivity index (χ1n) is 4.44. The summed E-state index contributed by atoms with van der Waals surface area (Å²) in [5.74, 6) is -1.48. The van der Waals surface area contributed by atoms with Crippen LogP contribution in [0.1, 0.15) is 5.56 Å². The molecule has 0 aliphatic heterocycles. The summed E-state index contributed by atoms with van der Waals surface area (Å²) in [6, 6.07) is 5.79. The normalized spacial score (nSPS) is 13.2. The smallest absolute Gasteiger partial charge is 0.414 e. The summed E-state index contributed by atoms with van der Waals surface area (Å²) < 4.78 is 40.4. The van der Waals surface area contributed by atoms with Crippen LogP contribution in [-0.2, 0) is 16.1 Å². The Morgan fingerprint density at radius 2 is 1.88 bits per heavy atom. The molecule has 88 valence electrons. The number of carbonyl (C=O) groups excluding carboxylic acids is 1. The number of esters is 1. The lowest BCUT2D eigenvalue weighted by Gasteiger charge is -2.14. The molecule has 0 spiro atoms. The van der Waals surface area contributed by atoms with E-state index >= 15 is 0 Å². The van der Waals surface area contributed by atoms with Gasteiger partial charge in [-0.15, -0.1) is 0 Å². The van der Waals surface area contributed by atoms with Crippen molar-refractivity contribution in [2.24, 2.45) is 5.73 Å². The van der Waals surface area contributed by atoms with Crippen LogP contribution in [0.3, 0.4) is 0 Å². The topological polar surface area (TPSA) is 52.3 Å². The Balaban J connectivity index is 2.48. The Morgan fingerprint density at radius 3 is 2.38 bits per heavy atom. The lowest BCUT2D eigenvalue weighted by molar-refractivity contribution is -0.180. The fourth-order valence-corrected chi connectivity index (χ4v) is 0.952. The minimum absolute atomic E-state index is 0.219. The molecular weight excluding hydrogens is 223 g/mol. The van der Waals surface area contributed by atoms with Gasteiger partial charge in [0.25, 0.3) is 0 Å². The van der Waals surface area contributed by atoms with Gasteiger partial charge in [0.1, 0.15) is 6.61 Å². The second kappa shape index (κ2) is 4.98. The van der Waals surface area contributed by atoms with E-state index in [1.807, 2.05) is 0 Å². The Morgan fingerprint density at radius 1 is 1.31 bits per heavy atom. The summed E-state index contributed by atoms with van der Waals surface area (Å²) in [6.07, 6.45) is -4.77. The molecule has 1 rings (SSSR count). The minimum Gasteiger partial charge on any atom is -0.459 e. The van der Waals surface area contributed by atoms with Gasteiger partial charge in [0.2, 0.25) is 0 Å². The zero-order valence-electron chi connectivity index (χ0n) is 8.20. The van der Waals surface area contributed by atoms with Crippen LogP contribution < -0.4 is 5.73 Å². The molecule has 0 aromatic heterocycles. The molecular formula is C10H10F3NO2. The van der Waals surface area contributed by atoms with Gasteiger partial charge < -0.3 is 10.5 Å². The first-order valence-corrected chi connectivity index (χ1v) is 4.44. The Hall–Kier alpha value is -1.56. The summed E-state index contributed by atoms with van der Waals surface area (Å²) in [7, 11) is 0. The van der Waals surface area contributed by atoms with Crippen LogP contribution in [0.15, 0.2) is 30.3 Å². The van der Waals surface area contributed by atoms with Gasteiger partial charge in [0.15, 0.2) is 6.04 Å². The summed E-state index contributed by atoms with van der Waals surface area (Å²) >= 11 is 0. The van der Waals surface area contributed by atoms with Crippen molar-refractivity contribution < 1.29 is 22.7 Å². The number of ether oxygens (including phenoxy) is 1. The molecule has 0 unspecified atom stereocenters. The van der Waals surface area contributed by atoms with Gasteiger partial charge in [-0.2, -0.15) is 13.2 Å². The highest BCUT2D eigenvalue weighted by Crippen LogP contribution is 2.19. The number of nitrogens with two attached hydrogens (primary N) is 1. The zero-order valence-corrected chi connectivity index (χ0v) is 8.20. The van der Waals surface area contributed by atoms with E-state index in [1.54, 1.807) is 30.3 Å². The van der Waals surface area contributed by atoms with Gasteiger partial charge in [0, 0.05) is 0 Å². The number of carbonyl (C=O) groups is 1. The van der Waals surface area contributed by atoms with Crippen molar-refractivity contribution in [3.05, 3.63) is 35.9 Å². The van der Waals surface area contributed by atoms with Crippen molar-refractivity contribution >= 4 is 5.97 Å². The second-order valence-corrected chi connectivity index (χ2v) is 3.11. The largest absolute Gasteiger partial charge is 0.459 e. The van der Waals surface area contributed by atoms with Crippen LogP contribution in [0.2, 0.25) is 0 Å². The predicted molar refractivity (Wildman–Crippen MR) is 50.3 cm³/mol. The number of hydrogen-bond acceptors (Lipinski definition) is 3. The van der Waals surface area contributed by atoms with Crippen LogP contribution in [0.25, 0.3) is 0 Å². The molecule has 16 heavy (non-hydrogen) atoms. The third-order valence-electron chi connectivity index (χ3n) is 1.83. The molecule has 2 N–H and O–H groups in total. The van der Waals surface area contributed by atoms with E-state index in [9.17, 15) is 18.0 Å². The summed E-state index contributed by atoms with van der Waals surface area (Å²) in [6.45, 7) is -0.219. The minimum atomic E-state index is -4.77. The molecule has 0 aliphatic carbocycles. The predicted octanol–water partition coefficient (Wildman–Crippen LogP) is 1.62. The Kier molecular flexibility index (Phi) is 3.89. The van der Waals surface area contributed by atoms with Gasteiger partial charge in [-0.1, -0.05) is 30.3 Å². The number of hydrogen-bond donors (Lipinski definition) is 1. The van der Waals surface area contributed by atoms with Crippen LogP contribution in [0.5, 0.6) is 0 Å². The van der Waals surface area contributed by atoms with Crippen molar-refractivity contribution in [2.45, 2.75) is 18.8 Å². The van der Waals surface area contributed by atoms with E-state index in [0.29, 0.717) is 5.56 Å². The van der Waals surface area contributed by atoms with Crippen molar-refractivity contribution in [2.75, 3.05) is 0 Å². The lowest BCUT2D eigenvalue weighted by Crippen LogP contribution is -2.45. The zero-order chi connectivity index (χ0) is 12.2. The molecule has 1 atom stereocenters. The molecule has 0 saturated carbocycles. The van der Waals surface area contributed by atoms with Crippen molar-refractivity contribution in [3.8, 4) is 0 Å². The van der Waals surface area contributed by atoms with Crippen molar-refractivity contribution in [1.82, 2.24) is 0 Å². The van der Waals surface area contributed by atoms with Crippen LogP contribution in [-0.4, -0.2) is 18.2 Å². The average Bonchev–Trinajstić information content (AvgIpc) is 2.25. The van der Waals surface area contributed by atoms with Crippen LogP contribution in [0.4, 0.5) is 13.2 Å². The van der Waals surface area contributed by atoms with Gasteiger partial charge in [-0.25, -0.2) is 4.79 Å². The van der Waals surface area contributed by atoms with E-state index in [1.165, 1.54) is 0 Å². The second-order valence-electron chi connectivity index (χ2n) is 3.11. The average molecular weight is 233 g/mol. The molecule has 0 radical (unpaired) electrons. The quantitative estimate of drug-likeness (QED) is 0.807. The van der Waals surface area contributed by atoms with E-state index in [0.717, 1.165) is 0 Å². The van der Waals surface area contributed by atoms with Gasteiger partial charge in [-0.3, -0.25) is 0 Å². The number of alkyl halides is 3. The van der Waals surface area contributed by atoms with Crippen molar-refractivity contribution in [3.63, 3.8) is 0 Å². The fourth-order valence-electron chi connectivity index (χ4n) is 0.952. The molecule has 0 amide bonds. The molecule has 0 fully saturated rings. The SMILES string of the molecule is N[C@H](C(=O)OCc1ccccc1)C(F)(F)F. The fraction of sp³-hybridized carbons (Fsp3) is 0.300. The maximum atomic E-state index is 12.0. The van der Waals surface area contributed by atoms with Gasteiger partial charge in [-0.05, 0) is 5.56 Å². The molecule has 0 heterocycles. The molecule has 6 heteroatoms. The van der Waals surface area contributed by atoms with E-state index in [2.05, 4.69) is 10.5 Å². The maximum Gasteiger partial charge on any atom is 0.414 e. The monoisotopic (exact) mass is 233 g/mol. The molecule has 1 aromatic rings. The first-order chi connectivity index (χ1) is 7.41. The summed E-state index contributed by atoms with van der Waals surface area (Å²) in [5, 5.41) is 0. The number of halogens is 3. The maximum absolute atomic E-state index is 12.0. The summed E-state index contributed by atoms with van der Waals surface area (Å²) in [4.78, 5) is 10.9. The highest BCUT2D eigenvalue weighted by molar-refractivity contribution is 5.76. The highest BCUT2D eigenvalue weighted by atomic mass is 19.4. The van der Waals surface area contributed by atoms with Crippen molar-refractivity contribution in [1.29, 1.82) is 0 Å². The lowest BCUT2D eigenvalue weighted by atomic mass is 10.2. The number of benzene rings is 1. The summed E-state index contributed by atoms with van der Waals surface area (Å²) in [5.41, 5.74) is 5.26. The third kappa shape index (κ3) is 3.54. The molecule has 0 aliphatic rings. The van der Waals surface area contributed by atoms with E-state index in [-0.39, 0.29) is 6.61 Å². The first kappa shape index (κ1) is 12.5. The molecule has 1 aromatic carbocycles. The molecule has 0 bridgehead atoms. The van der Waals surface area contributed by atoms with E-state index < -0.39 is 18.2 Å². The Bertz CT molecular complexity index is 351. The highest BCUT2D eigenvalue weighted by Gasteiger charge is 2.43. The number of rotatable bonds is 3. The third-order valence-corrected chi connectivity index (χ3v) is 1.83. The van der Waals surface area contributed by atoms with Crippen LogP contribution in [0, 0.1) is 0 Å². The van der Waals surface area contributed by atoms with E-state index in [4.69, 9.17) is 0 Å². The Labute approximate surface area is 90.0 Å².